The molecule has 12 heteroatoms. The van der Waals surface area contributed by atoms with Gasteiger partial charge in [0.25, 0.3) is 11.8 Å². The largest absolute Gasteiger partial charge is 0.508 e. The third-order valence-corrected chi connectivity index (χ3v) is 8.70. The number of nitrogens with zero attached hydrogens (tertiary/aromatic N) is 3. The van der Waals surface area contributed by atoms with Gasteiger partial charge in [0.1, 0.15) is 17.4 Å². The molecule has 5 N–H and O–H groups in total. The highest BCUT2D eigenvalue weighted by Gasteiger charge is 2.23. The van der Waals surface area contributed by atoms with Crippen LogP contribution in [0.25, 0.3) is 0 Å². The van der Waals surface area contributed by atoms with E-state index >= 15 is 0 Å². The van der Waals surface area contributed by atoms with E-state index in [1.165, 1.54) is 0 Å². The van der Waals surface area contributed by atoms with E-state index in [1.54, 1.807) is 48.5 Å². The highest BCUT2D eigenvalue weighted by molar-refractivity contribution is 6.14. The predicted octanol–water partition coefficient (Wildman–Crippen LogP) is 6.84. The Morgan fingerprint density at radius 1 is 0.759 bits per heavy atom. The highest BCUT2D eigenvalue weighted by atomic mass is 16.5. The Morgan fingerprint density at radius 2 is 1.39 bits per heavy atom. The van der Waals surface area contributed by atoms with Gasteiger partial charge in [0.05, 0.1) is 39.0 Å². The molecular formula is C42H49N7O5. The van der Waals surface area contributed by atoms with Crippen LogP contribution in [0.2, 0.25) is 0 Å². The molecule has 12 nitrogen and oxygen atoms in total. The van der Waals surface area contributed by atoms with Crippen molar-refractivity contribution in [1.29, 1.82) is 0 Å². The molecule has 0 fully saturated rings. The Labute approximate surface area is 316 Å². The number of benzene rings is 4. The second-order valence-electron chi connectivity index (χ2n) is 12.6. The van der Waals surface area contributed by atoms with Crippen molar-refractivity contribution in [2.24, 2.45) is 20.9 Å². The van der Waals surface area contributed by atoms with Crippen LogP contribution < -0.4 is 21.3 Å². The SMILES string of the molecule is CCC1CC(=NCCOCCOCCNC(=O)c2ccccc2)N=C(Nc2ccc(O)cc2)N=C1Nc1ccc(C(=O)NC(CC)c2ccccc2)cc1. The summed E-state index contributed by atoms with van der Waals surface area (Å²) < 4.78 is 11.3. The molecule has 0 saturated heterocycles. The van der Waals surface area contributed by atoms with Gasteiger partial charge in [-0.1, -0.05) is 62.4 Å². The van der Waals surface area contributed by atoms with Gasteiger partial charge >= 0.3 is 0 Å². The van der Waals surface area contributed by atoms with Crippen LogP contribution >= 0.6 is 0 Å². The first-order valence-electron chi connectivity index (χ1n) is 18.4. The van der Waals surface area contributed by atoms with E-state index < -0.39 is 0 Å². The monoisotopic (exact) mass is 731 g/mol. The topological polar surface area (TPSA) is 158 Å². The number of hydrogen-bond acceptors (Lipinski definition) is 9. The Bertz CT molecular complexity index is 1870. The number of amidine groups is 2. The van der Waals surface area contributed by atoms with E-state index in [-0.39, 0.29) is 29.5 Å². The molecule has 0 saturated carbocycles. The van der Waals surface area contributed by atoms with E-state index in [0.717, 1.165) is 24.1 Å². The molecule has 0 aromatic heterocycles. The number of aliphatic imine (C=N–C) groups is 3. The number of phenolic OH excluding ortho intramolecular Hbond substituents is 1. The van der Waals surface area contributed by atoms with Crippen molar-refractivity contribution in [3.8, 4) is 5.75 Å². The maximum Gasteiger partial charge on any atom is 0.251 e. The fourth-order valence-electron chi connectivity index (χ4n) is 5.70. The standard InChI is InChI=1S/C42H49N7O5/c1-3-30-29-38(43-23-25-53-27-28-54-26-24-44-40(51)32-13-9-6-10-14-32)48-42(46-35-19-21-36(50)22-20-35)49-39(30)45-34-17-15-33(16-18-34)41(52)47-37(4-2)31-11-7-5-8-12-31/h5-22,30,37,50H,3-4,23-29H2,1-2H3,(H,44,51)(H,47,52)(H2,43,45,46,48,49). The number of hydrogen-bond donors (Lipinski definition) is 5. The molecule has 1 aliphatic rings. The number of phenols is 1. The van der Waals surface area contributed by atoms with E-state index in [0.29, 0.717) is 80.4 Å². The number of rotatable bonds is 17. The van der Waals surface area contributed by atoms with Crippen molar-refractivity contribution in [3.05, 3.63) is 126 Å². The Morgan fingerprint density at radius 3 is 2.07 bits per heavy atom. The van der Waals surface area contributed by atoms with Crippen LogP contribution in [-0.4, -0.2) is 74.1 Å². The number of carbonyl (C=O) groups excluding carboxylic acids is 2. The maximum atomic E-state index is 13.1. The van der Waals surface area contributed by atoms with E-state index in [2.05, 4.69) is 35.1 Å². The number of anilines is 2. The fourth-order valence-corrected chi connectivity index (χ4v) is 5.70. The summed E-state index contributed by atoms with van der Waals surface area (Å²) in [5.74, 6) is 1.59. The van der Waals surface area contributed by atoms with Crippen LogP contribution in [0.15, 0.2) is 124 Å². The van der Waals surface area contributed by atoms with Crippen molar-refractivity contribution in [3.63, 3.8) is 0 Å². The third kappa shape index (κ3) is 12.4. The maximum absolute atomic E-state index is 13.1. The predicted molar refractivity (Wildman–Crippen MR) is 215 cm³/mol. The van der Waals surface area contributed by atoms with Gasteiger partial charge in [0.2, 0.25) is 5.96 Å². The zero-order chi connectivity index (χ0) is 38.0. The molecule has 1 aliphatic heterocycles. The zero-order valence-corrected chi connectivity index (χ0v) is 30.8. The molecule has 2 atom stereocenters. The summed E-state index contributed by atoms with van der Waals surface area (Å²) in [5, 5.41) is 22.5. The Kier molecular flexibility index (Phi) is 15.3. The van der Waals surface area contributed by atoms with Gasteiger partial charge in [0, 0.05) is 41.4 Å². The average Bonchev–Trinajstić information content (AvgIpc) is 3.37. The Hall–Kier alpha value is -5.85. The first-order valence-corrected chi connectivity index (χ1v) is 18.4. The van der Waals surface area contributed by atoms with Crippen LogP contribution in [0.1, 0.15) is 65.4 Å². The fraction of sp³-hybridized carbons (Fsp3) is 0.310. The number of nitrogens with one attached hydrogen (secondary N) is 4. The number of aromatic hydroxyl groups is 1. The van der Waals surface area contributed by atoms with Crippen LogP contribution in [0.3, 0.4) is 0 Å². The van der Waals surface area contributed by atoms with Gasteiger partial charge in [-0.25, -0.2) is 0 Å². The molecular weight excluding hydrogens is 683 g/mol. The van der Waals surface area contributed by atoms with Crippen LogP contribution in [0, 0.1) is 5.92 Å². The number of ether oxygens (including phenoxy) is 2. The Balaban J connectivity index is 1.15. The minimum atomic E-state index is -0.134. The third-order valence-electron chi connectivity index (χ3n) is 8.70. The second kappa shape index (κ2) is 21.0. The summed E-state index contributed by atoms with van der Waals surface area (Å²) in [6.45, 7) is 6.54. The van der Waals surface area contributed by atoms with Crippen LogP contribution in [0.4, 0.5) is 11.4 Å². The molecule has 1 heterocycles. The molecule has 54 heavy (non-hydrogen) atoms. The summed E-state index contributed by atoms with van der Waals surface area (Å²) in [7, 11) is 0. The minimum Gasteiger partial charge on any atom is -0.508 e. The van der Waals surface area contributed by atoms with Gasteiger partial charge in [-0.2, -0.15) is 9.98 Å². The lowest BCUT2D eigenvalue weighted by Crippen LogP contribution is -2.28. The lowest BCUT2D eigenvalue weighted by Gasteiger charge is -2.19. The highest BCUT2D eigenvalue weighted by Crippen LogP contribution is 2.22. The lowest BCUT2D eigenvalue weighted by molar-refractivity contribution is 0.0512. The molecule has 0 bridgehead atoms. The first-order chi connectivity index (χ1) is 26.4. The lowest BCUT2D eigenvalue weighted by atomic mass is 10.00. The molecule has 0 spiro atoms. The van der Waals surface area contributed by atoms with Gasteiger partial charge in [-0.15, -0.1) is 0 Å². The summed E-state index contributed by atoms with van der Waals surface area (Å²) in [5.41, 5.74) is 3.75. The van der Waals surface area contributed by atoms with Crippen molar-refractivity contribution in [2.75, 3.05) is 50.2 Å². The molecule has 282 valence electrons. The molecule has 0 aliphatic carbocycles. The normalized spacial score (nSPS) is 15.4. The van der Waals surface area contributed by atoms with Crippen molar-refractivity contribution in [2.45, 2.75) is 39.2 Å². The summed E-state index contributed by atoms with van der Waals surface area (Å²) >= 11 is 0. The number of carbonyl (C=O) groups is 2. The second-order valence-corrected chi connectivity index (χ2v) is 12.6. The molecule has 2 unspecified atom stereocenters. The number of amides is 2. The number of guanidine groups is 1. The van der Waals surface area contributed by atoms with E-state index in [4.69, 9.17) is 24.5 Å². The molecule has 2 amide bonds. The smallest absolute Gasteiger partial charge is 0.251 e. The van der Waals surface area contributed by atoms with Gasteiger partial charge in [0.15, 0.2) is 0 Å². The van der Waals surface area contributed by atoms with Gasteiger partial charge < -0.3 is 35.8 Å². The summed E-state index contributed by atoms with van der Waals surface area (Å²) in [6.07, 6.45) is 2.12. The molecule has 4 aromatic rings. The van der Waals surface area contributed by atoms with Gasteiger partial charge in [-0.3, -0.25) is 14.6 Å². The van der Waals surface area contributed by atoms with Crippen LogP contribution in [-0.2, 0) is 9.47 Å². The summed E-state index contributed by atoms with van der Waals surface area (Å²) in [4.78, 5) is 39.7. The zero-order valence-electron chi connectivity index (χ0n) is 30.8. The summed E-state index contributed by atoms with van der Waals surface area (Å²) in [6, 6.07) is 33.0. The van der Waals surface area contributed by atoms with Crippen molar-refractivity contribution < 1.29 is 24.2 Å². The van der Waals surface area contributed by atoms with E-state index in [9.17, 15) is 14.7 Å². The van der Waals surface area contributed by atoms with Crippen LogP contribution in [0.5, 0.6) is 5.75 Å². The van der Waals surface area contributed by atoms with E-state index in [1.807, 2.05) is 60.7 Å². The van der Waals surface area contributed by atoms with Gasteiger partial charge in [-0.05, 0) is 79.1 Å². The van der Waals surface area contributed by atoms with Crippen molar-refractivity contribution >= 4 is 40.8 Å². The minimum absolute atomic E-state index is 0.0116. The molecule has 5 rings (SSSR count). The first kappa shape index (κ1) is 39.4. The molecule has 0 radical (unpaired) electrons. The quantitative estimate of drug-likeness (QED) is 0.0588. The molecule has 4 aromatic carbocycles. The van der Waals surface area contributed by atoms with Crippen molar-refractivity contribution in [1.82, 2.24) is 10.6 Å². The average molecular weight is 732 g/mol.